The van der Waals surface area contributed by atoms with Crippen LogP contribution in [-0.4, -0.2) is 11.6 Å². The number of rotatable bonds is 6. The third kappa shape index (κ3) is 4.66. The molecular formula is C29H27O2S+. The fourth-order valence-corrected chi connectivity index (χ4v) is 6.20. The first kappa shape index (κ1) is 22.0. The summed E-state index contributed by atoms with van der Waals surface area (Å²) in [6.45, 7) is 3.93. The molecule has 0 N–H and O–H groups in total. The lowest BCUT2D eigenvalue weighted by Crippen LogP contribution is -2.36. The van der Waals surface area contributed by atoms with Crippen molar-refractivity contribution in [1.82, 2.24) is 0 Å². The van der Waals surface area contributed by atoms with Crippen molar-refractivity contribution in [3.63, 3.8) is 0 Å². The quantitative estimate of drug-likeness (QED) is 0.185. The highest BCUT2D eigenvalue weighted by molar-refractivity contribution is 7.97. The van der Waals surface area contributed by atoms with Crippen LogP contribution in [0.25, 0.3) is 0 Å². The predicted molar refractivity (Wildman–Crippen MR) is 131 cm³/mol. The highest BCUT2D eigenvalue weighted by atomic mass is 32.2. The molecule has 2 unspecified atom stereocenters. The fraction of sp³-hybridized carbons (Fsp3) is 0.207. The van der Waals surface area contributed by atoms with Crippen molar-refractivity contribution < 1.29 is 9.53 Å². The van der Waals surface area contributed by atoms with E-state index in [1.807, 2.05) is 55.5 Å². The third-order valence-corrected chi connectivity index (χ3v) is 8.11. The van der Waals surface area contributed by atoms with Gasteiger partial charge in [0.15, 0.2) is 20.3 Å². The van der Waals surface area contributed by atoms with Crippen LogP contribution < -0.4 is 0 Å². The molecule has 0 aromatic heterocycles. The number of benzene rings is 3. The molecule has 0 saturated carbocycles. The SMILES string of the molecule is C#CC(C)(OC(=O)c1cccc([S+](c2ccccc2)c2ccccc2)c1)C1C=C(C)CC1. The van der Waals surface area contributed by atoms with Crippen LogP contribution in [0.15, 0.2) is 111 Å². The van der Waals surface area contributed by atoms with Crippen LogP contribution in [0.4, 0.5) is 0 Å². The molecule has 32 heavy (non-hydrogen) atoms. The maximum absolute atomic E-state index is 13.2. The molecule has 1 aliphatic carbocycles. The van der Waals surface area contributed by atoms with E-state index in [2.05, 4.69) is 49.3 Å². The van der Waals surface area contributed by atoms with E-state index < -0.39 is 5.60 Å². The molecular weight excluding hydrogens is 412 g/mol. The molecule has 0 spiro atoms. The summed E-state index contributed by atoms with van der Waals surface area (Å²) < 4.78 is 5.94. The third-order valence-electron chi connectivity index (χ3n) is 5.90. The summed E-state index contributed by atoms with van der Waals surface area (Å²) in [5.74, 6) is 2.41. The highest BCUT2D eigenvalue weighted by Crippen LogP contribution is 2.36. The van der Waals surface area contributed by atoms with E-state index in [9.17, 15) is 4.79 Å². The Morgan fingerprint density at radius 3 is 2.09 bits per heavy atom. The van der Waals surface area contributed by atoms with E-state index in [0.29, 0.717) is 5.56 Å². The minimum atomic E-state index is -0.953. The second kappa shape index (κ2) is 9.51. The van der Waals surface area contributed by atoms with Crippen molar-refractivity contribution in [1.29, 1.82) is 0 Å². The number of carbonyl (C=O) groups excluding carboxylic acids is 1. The zero-order valence-corrected chi connectivity index (χ0v) is 19.3. The molecule has 2 nitrogen and oxygen atoms in total. The maximum Gasteiger partial charge on any atom is 0.339 e. The van der Waals surface area contributed by atoms with E-state index in [4.69, 9.17) is 11.2 Å². The first-order chi connectivity index (χ1) is 15.5. The summed E-state index contributed by atoms with van der Waals surface area (Å²) in [4.78, 5) is 16.6. The van der Waals surface area contributed by atoms with Crippen LogP contribution >= 0.6 is 0 Å². The number of allylic oxidation sites excluding steroid dienone is 1. The van der Waals surface area contributed by atoms with Gasteiger partial charge in [0.25, 0.3) is 0 Å². The van der Waals surface area contributed by atoms with Gasteiger partial charge in [-0.3, -0.25) is 0 Å². The number of esters is 1. The van der Waals surface area contributed by atoms with Crippen molar-refractivity contribution in [3.05, 3.63) is 102 Å². The van der Waals surface area contributed by atoms with Gasteiger partial charge >= 0.3 is 5.97 Å². The van der Waals surface area contributed by atoms with Gasteiger partial charge in [0.1, 0.15) is 0 Å². The molecule has 0 saturated heterocycles. The minimum absolute atomic E-state index is 0.0443. The Labute approximate surface area is 193 Å². The average Bonchev–Trinajstić information content (AvgIpc) is 3.28. The van der Waals surface area contributed by atoms with Crippen molar-refractivity contribution >= 4 is 16.9 Å². The second-order valence-corrected chi connectivity index (χ2v) is 10.3. The van der Waals surface area contributed by atoms with Crippen molar-refractivity contribution in [2.45, 2.75) is 47.0 Å². The summed E-state index contributed by atoms with van der Waals surface area (Å²) in [5, 5.41) is 0. The minimum Gasteiger partial charge on any atom is -0.442 e. The molecule has 2 atom stereocenters. The standard InChI is InChI=1S/C29H27O2S/c1-4-29(3,24-19-18-22(2)20-24)31-28(30)23-12-11-17-27(21-23)32(25-13-7-5-8-14-25)26-15-9-6-10-16-26/h1,5-17,20-21,24H,18-19H2,2-3H3/q+1. The Hall–Kier alpha value is -3.22. The normalized spacial score (nSPS) is 17.3. The Morgan fingerprint density at radius 1 is 0.969 bits per heavy atom. The van der Waals surface area contributed by atoms with E-state index in [-0.39, 0.29) is 22.8 Å². The fourth-order valence-electron chi connectivity index (χ4n) is 4.06. The average molecular weight is 440 g/mol. The number of terminal acetylenes is 1. The smallest absolute Gasteiger partial charge is 0.339 e. The van der Waals surface area contributed by atoms with Crippen molar-refractivity contribution in [2.24, 2.45) is 5.92 Å². The van der Waals surface area contributed by atoms with Crippen molar-refractivity contribution in [3.8, 4) is 12.3 Å². The van der Waals surface area contributed by atoms with Gasteiger partial charge in [0, 0.05) is 12.0 Å². The molecule has 3 aromatic carbocycles. The molecule has 1 aliphatic rings. The lowest BCUT2D eigenvalue weighted by molar-refractivity contribution is -0.000724. The Bertz CT molecular complexity index is 1120. The van der Waals surface area contributed by atoms with Crippen LogP contribution in [0.3, 0.4) is 0 Å². The molecule has 0 fully saturated rings. The van der Waals surface area contributed by atoms with E-state index in [0.717, 1.165) is 17.7 Å². The largest absolute Gasteiger partial charge is 0.442 e. The van der Waals surface area contributed by atoms with Gasteiger partial charge in [-0.05, 0) is 63.1 Å². The molecule has 0 aliphatic heterocycles. The maximum atomic E-state index is 13.2. The Morgan fingerprint density at radius 2 is 1.56 bits per heavy atom. The first-order valence-electron chi connectivity index (χ1n) is 10.8. The van der Waals surface area contributed by atoms with Crippen LogP contribution in [0.1, 0.15) is 37.0 Å². The molecule has 160 valence electrons. The van der Waals surface area contributed by atoms with Gasteiger partial charge in [-0.1, -0.05) is 60.0 Å². The molecule has 4 rings (SSSR count). The Kier molecular flexibility index (Phi) is 6.53. The first-order valence-corrected chi connectivity index (χ1v) is 12.1. The highest BCUT2D eigenvalue weighted by Gasteiger charge is 2.37. The van der Waals surface area contributed by atoms with Gasteiger partial charge in [-0.2, -0.15) is 0 Å². The summed E-state index contributed by atoms with van der Waals surface area (Å²) >= 11 is 0. The number of hydrogen-bond acceptors (Lipinski definition) is 2. The molecule has 0 heterocycles. The van der Waals surface area contributed by atoms with Crippen LogP contribution in [-0.2, 0) is 15.6 Å². The molecule has 0 amide bonds. The zero-order valence-electron chi connectivity index (χ0n) is 18.5. The number of carbonyl (C=O) groups is 1. The molecule has 3 heteroatoms. The lowest BCUT2D eigenvalue weighted by atomic mass is 9.89. The zero-order chi connectivity index (χ0) is 22.6. The van der Waals surface area contributed by atoms with Crippen LogP contribution in [0, 0.1) is 18.3 Å². The summed E-state index contributed by atoms with van der Waals surface area (Å²) in [6.07, 6.45) is 9.88. The second-order valence-electron chi connectivity index (χ2n) is 8.26. The Balaban J connectivity index is 1.66. The number of ether oxygens (including phenoxy) is 1. The van der Waals surface area contributed by atoms with Crippen molar-refractivity contribution in [2.75, 3.05) is 0 Å². The lowest BCUT2D eigenvalue weighted by Gasteiger charge is -2.29. The van der Waals surface area contributed by atoms with E-state index >= 15 is 0 Å². The topological polar surface area (TPSA) is 26.3 Å². The van der Waals surface area contributed by atoms with E-state index in [1.165, 1.54) is 15.4 Å². The monoisotopic (exact) mass is 439 g/mol. The summed E-state index contributed by atoms with van der Waals surface area (Å²) in [6, 6.07) is 28.5. The van der Waals surface area contributed by atoms with Crippen LogP contribution in [0.5, 0.6) is 0 Å². The molecule has 3 aromatic rings. The van der Waals surface area contributed by atoms with Gasteiger partial charge in [-0.15, -0.1) is 6.42 Å². The molecule has 0 bridgehead atoms. The van der Waals surface area contributed by atoms with Gasteiger partial charge < -0.3 is 4.74 Å². The molecule has 0 radical (unpaired) electrons. The predicted octanol–water partition coefficient (Wildman–Crippen LogP) is 6.69. The van der Waals surface area contributed by atoms with Gasteiger partial charge in [0.2, 0.25) is 0 Å². The summed E-state index contributed by atoms with van der Waals surface area (Å²) in [7, 11) is -0.331. The van der Waals surface area contributed by atoms with E-state index in [1.54, 1.807) is 6.07 Å². The van der Waals surface area contributed by atoms with Gasteiger partial charge in [-0.25, -0.2) is 4.79 Å². The van der Waals surface area contributed by atoms with Crippen LogP contribution in [0.2, 0.25) is 0 Å². The van der Waals surface area contributed by atoms with Gasteiger partial charge in [0.05, 0.1) is 16.5 Å². The summed E-state index contributed by atoms with van der Waals surface area (Å²) in [5.41, 5.74) is 0.863. The number of hydrogen-bond donors (Lipinski definition) is 0.